The molecule has 2 heteroatoms. The Labute approximate surface area is 100 Å². The van der Waals surface area contributed by atoms with E-state index >= 15 is 0 Å². The van der Waals surface area contributed by atoms with Crippen molar-refractivity contribution in [2.24, 2.45) is 0 Å². The smallest absolute Gasteiger partial charge is 0.133 e. The van der Waals surface area contributed by atoms with Crippen molar-refractivity contribution in [3.63, 3.8) is 0 Å². The van der Waals surface area contributed by atoms with Gasteiger partial charge in [-0.2, -0.15) is 0 Å². The van der Waals surface area contributed by atoms with E-state index in [0.29, 0.717) is 5.57 Å². The molecule has 0 saturated heterocycles. The average molecular weight is 224 g/mol. The van der Waals surface area contributed by atoms with Gasteiger partial charge in [0.05, 0.1) is 12.7 Å². The van der Waals surface area contributed by atoms with Crippen LogP contribution in [-0.4, -0.2) is 13.1 Å². The second-order valence-corrected chi connectivity index (χ2v) is 3.57. The largest absolute Gasteiger partial charge is 0.497 e. The summed E-state index contributed by atoms with van der Waals surface area (Å²) in [6.07, 6.45) is 0. The van der Waals surface area contributed by atoms with Gasteiger partial charge in [-0.1, -0.05) is 30.3 Å². The maximum absolute atomic E-state index is 11.1. The first-order valence-corrected chi connectivity index (χ1v) is 5.30. The zero-order chi connectivity index (χ0) is 12.1. The SMILES string of the molecule is COc1ccc(C(=C=O)c2ccccc2)cc1. The second-order valence-electron chi connectivity index (χ2n) is 3.57. The molecule has 2 aromatic carbocycles. The van der Waals surface area contributed by atoms with Gasteiger partial charge in [0.25, 0.3) is 0 Å². The first kappa shape index (κ1) is 11.2. The number of hydrogen-bond acceptors (Lipinski definition) is 2. The fourth-order valence-corrected chi connectivity index (χ4v) is 1.65. The van der Waals surface area contributed by atoms with E-state index in [1.54, 1.807) is 7.11 Å². The molecule has 2 nitrogen and oxygen atoms in total. The van der Waals surface area contributed by atoms with Crippen molar-refractivity contribution in [1.29, 1.82) is 0 Å². The Morgan fingerprint density at radius 3 is 2.06 bits per heavy atom. The summed E-state index contributed by atoms with van der Waals surface area (Å²) >= 11 is 0. The van der Waals surface area contributed by atoms with Crippen molar-refractivity contribution in [3.8, 4) is 5.75 Å². The van der Waals surface area contributed by atoms with Gasteiger partial charge in [-0.05, 0) is 35.4 Å². The van der Waals surface area contributed by atoms with Gasteiger partial charge in [-0.15, -0.1) is 0 Å². The van der Waals surface area contributed by atoms with Crippen LogP contribution in [0.15, 0.2) is 54.6 Å². The minimum absolute atomic E-state index is 0.563. The normalized spacial score (nSPS) is 9.47. The minimum Gasteiger partial charge on any atom is -0.497 e. The van der Waals surface area contributed by atoms with E-state index in [1.165, 1.54) is 0 Å². The van der Waals surface area contributed by atoms with Crippen LogP contribution in [-0.2, 0) is 4.79 Å². The molecular formula is C15H12O2. The van der Waals surface area contributed by atoms with Crippen LogP contribution in [0, 0.1) is 0 Å². The third-order valence-electron chi connectivity index (χ3n) is 2.54. The van der Waals surface area contributed by atoms with Crippen LogP contribution in [0.2, 0.25) is 0 Å². The predicted octanol–water partition coefficient (Wildman–Crippen LogP) is 2.96. The summed E-state index contributed by atoms with van der Waals surface area (Å²) in [5.74, 6) is 2.77. The second kappa shape index (κ2) is 5.15. The molecule has 0 heterocycles. The Bertz CT molecular complexity index is 535. The first-order valence-electron chi connectivity index (χ1n) is 5.30. The molecule has 0 unspecified atom stereocenters. The molecule has 17 heavy (non-hydrogen) atoms. The van der Waals surface area contributed by atoms with Crippen LogP contribution in [0.4, 0.5) is 0 Å². The van der Waals surface area contributed by atoms with Crippen molar-refractivity contribution >= 4 is 11.5 Å². The fourth-order valence-electron chi connectivity index (χ4n) is 1.65. The van der Waals surface area contributed by atoms with Crippen molar-refractivity contribution in [3.05, 3.63) is 65.7 Å². The van der Waals surface area contributed by atoms with Crippen LogP contribution in [0.3, 0.4) is 0 Å². The predicted molar refractivity (Wildman–Crippen MR) is 67.6 cm³/mol. The highest BCUT2D eigenvalue weighted by Gasteiger charge is 2.05. The summed E-state index contributed by atoms with van der Waals surface area (Å²) < 4.78 is 5.08. The average Bonchev–Trinajstić information content (AvgIpc) is 2.42. The molecule has 0 atom stereocenters. The third kappa shape index (κ3) is 2.44. The summed E-state index contributed by atoms with van der Waals surface area (Å²) in [6.45, 7) is 0. The molecule has 0 bridgehead atoms. The Balaban J connectivity index is 2.40. The highest BCUT2D eigenvalue weighted by Crippen LogP contribution is 2.22. The van der Waals surface area contributed by atoms with Gasteiger partial charge < -0.3 is 4.74 Å². The number of carbonyl (C=O) groups excluding carboxylic acids is 1. The molecule has 2 rings (SSSR count). The van der Waals surface area contributed by atoms with Crippen molar-refractivity contribution < 1.29 is 9.53 Å². The molecule has 0 amide bonds. The van der Waals surface area contributed by atoms with E-state index in [1.807, 2.05) is 60.5 Å². The lowest BCUT2D eigenvalue weighted by Crippen LogP contribution is -1.89. The first-order chi connectivity index (χ1) is 8.35. The molecule has 84 valence electrons. The monoisotopic (exact) mass is 224 g/mol. The number of benzene rings is 2. The lowest BCUT2D eigenvalue weighted by molar-refractivity contribution is 0.415. The molecule has 0 aliphatic carbocycles. The molecule has 0 spiro atoms. The molecule has 0 N–H and O–H groups in total. The van der Waals surface area contributed by atoms with E-state index in [-0.39, 0.29) is 0 Å². The number of methoxy groups -OCH3 is 1. The highest BCUT2D eigenvalue weighted by atomic mass is 16.5. The summed E-state index contributed by atoms with van der Waals surface area (Å²) in [4.78, 5) is 11.1. The van der Waals surface area contributed by atoms with Crippen molar-refractivity contribution in [1.82, 2.24) is 0 Å². The van der Waals surface area contributed by atoms with Gasteiger partial charge in [0, 0.05) is 0 Å². The number of rotatable bonds is 3. The molecule has 2 aromatic rings. The Kier molecular flexibility index (Phi) is 3.39. The molecule has 0 radical (unpaired) electrons. The zero-order valence-electron chi connectivity index (χ0n) is 9.51. The third-order valence-corrected chi connectivity index (χ3v) is 2.54. The van der Waals surface area contributed by atoms with E-state index in [2.05, 4.69) is 0 Å². The van der Waals surface area contributed by atoms with Gasteiger partial charge in [0.1, 0.15) is 11.7 Å². The van der Waals surface area contributed by atoms with Crippen molar-refractivity contribution in [2.45, 2.75) is 0 Å². The van der Waals surface area contributed by atoms with Crippen LogP contribution in [0.25, 0.3) is 5.57 Å². The zero-order valence-corrected chi connectivity index (χ0v) is 9.51. The Morgan fingerprint density at radius 2 is 1.53 bits per heavy atom. The van der Waals surface area contributed by atoms with Crippen molar-refractivity contribution in [2.75, 3.05) is 7.11 Å². The maximum Gasteiger partial charge on any atom is 0.133 e. The molecular weight excluding hydrogens is 212 g/mol. The van der Waals surface area contributed by atoms with Gasteiger partial charge >= 0.3 is 0 Å². The van der Waals surface area contributed by atoms with E-state index in [9.17, 15) is 4.79 Å². The standard InChI is InChI=1S/C15H12O2/c1-17-14-9-7-13(8-10-14)15(11-16)12-5-3-2-4-6-12/h2-10H,1H3. The minimum atomic E-state index is 0.563. The van der Waals surface area contributed by atoms with Gasteiger partial charge in [0.15, 0.2) is 0 Å². The highest BCUT2D eigenvalue weighted by molar-refractivity contribution is 5.96. The quantitative estimate of drug-likeness (QED) is 0.749. The lowest BCUT2D eigenvalue weighted by atomic mass is 9.99. The topological polar surface area (TPSA) is 26.3 Å². The molecule has 0 aliphatic rings. The molecule has 0 aliphatic heterocycles. The summed E-state index contributed by atoms with van der Waals surface area (Å²) in [6, 6.07) is 16.9. The summed E-state index contributed by atoms with van der Waals surface area (Å²) in [5, 5.41) is 0. The van der Waals surface area contributed by atoms with Crippen LogP contribution < -0.4 is 4.74 Å². The van der Waals surface area contributed by atoms with E-state index in [0.717, 1.165) is 16.9 Å². The van der Waals surface area contributed by atoms with Crippen LogP contribution >= 0.6 is 0 Å². The summed E-state index contributed by atoms with van der Waals surface area (Å²) in [5.41, 5.74) is 2.27. The molecule has 0 fully saturated rings. The lowest BCUT2D eigenvalue weighted by Gasteiger charge is -2.05. The Morgan fingerprint density at radius 1 is 0.941 bits per heavy atom. The van der Waals surface area contributed by atoms with Gasteiger partial charge in [-0.3, -0.25) is 0 Å². The van der Waals surface area contributed by atoms with Crippen LogP contribution in [0.5, 0.6) is 5.75 Å². The maximum atomic E-state index is 11.1. The summed E-state index contributed by atoms with van der Waals surface area (Å²) in [7, 11) is 1.61. The molecule has 0 saturated carbocycles. The van der Waals surface area contributed by atoms with Gasteiger partial charge in [-0.25, -0.2) is 4.79 Å². The molecule has 0 aromatic heterocycles. The Hall–Kier alpha value is -2.31. The number of ether oxygens (including phenoxy) is 1. The van der Waals surface area contributed by atoms with Gasteiger partial charge in [0.2, 0.25) is 0 Å². The number of hydrogen-bond donors (Lipinski definition) is 0. The fraction of sp³-hybridized carbons (Fsp3) is 0.0667. The van der Waals surface area contributed by atoms with E-state index in [4.69, 9.17) is 4.74 Å². The van der Waals surface area contributed by atoms with E-state index < -0.39 is 0 Å². The van der Waals surface area contributed by atoms with Crippen LogP contribution in [0.1, 0.15) is 11.1 Å².